The lowest BCUT2D eigenvalue weighted by molar-refractivity contribution is 0.0256. The van der Waals surface area contributed by atoms with Gasteiger partial charge >= 0.3 is 6.09 Å². The Morgan fingerprint density at radius 3 is 2.68 bits per heavy atom. The number of amides is 1. The fraction of sp³-hybridized carbons (Fsp3) is 0.750. The number of anilines is 1. The summed E-state index contributed by atoms with van der Waals surface area (Å²) in [4.78, 5) is 14.0. The minimum Gasteiger partial charge on any atom is -0.444 e. The number of ether oxygens (including phenoxy) is 1. The molecule has 0 aliphatic carbocycles. The van der Waals surface area contributed by atoms with Crippen molar-refractivity contribution in [1.82, 2.24) is 14.7 Å². The van der Waals surface area contributed by atoms with E-state index in [1.165, 1.54) is 0 Å². The molecule has 1 N–H and O–H groups in total. The highest BCUT2D eigenvalue weighted by atomic mass is 16.6. The molecule has 0 radical (unpaired) electrons. The van der Waals surface area contributed by atoms with Crippen LogP contribution in [0.2, 0.25) is 0 Å². The molecule has 6 nitrogen and oxygen atoms in total. The largest absolute Gasteiger partial charge is 0.444 e. The SMILES string of the molecule is Cc1nn(C)cc1NC1CCCN(C(=O)OC(C)(C)C)CC1. The smallest absolute Gasteiger partial charge is 0.410 e. The lowest BCUT2D eigenvalue weighted by Crippen LogP contribution is -2.37. The van der Waals surface area contributed by atoms with Crippen molar-refractivity contribution < 1.29 is 9.53 Å². The van der Waals surface area contributed by atoms with Gasteiger partial charge in [0, 0.05) is 32.4 Å². The Morgan fingerprint density at radius 1 is 1.36 bits per heavy atom. The van der Waals surface area contributed by atoms with E-state index in [0.717, 1.165) is 43.7 Å². The Morgan fingerprint density at radius 2 is 2.09 bits per heavy atom. The van der Waals surface area contributed by atoms with Gasteiger partial charge in [-0.2, -0.15) is 5.10 Å². The van der Waals surface area contributed by atoms with Gasteiger partial charge in [0.25, 0.3) is 0 Å². The van der Waals surface area contributed by atoms with Crippen molar-refractivity contribution in [1.29, 1.82) is 0 Å². The topological polar surface area (TPSA) is 59.4 Å². The monoisotopic (exact) mass is 308 g/mol. The standard InChI is InChI=1S/C16H28N4O2/c1-12-14(11-19(5)18-12)17-13-7-6-9-20(10-8-13)15(21)22-16(2,3)4/h11,13,17H,6-10H2,1-5H3. The number of rotatable bonds is 2. The first kappa shape index (κ1) is 16.6. The van der Waals surface area contributed by atoms with Crippen molar-refractivity contribution in [3.8, 4) is 0 Å². The van der Waals surface area contributed by atoms with Gasteiger partial charge in [-0.1, -0.05) is 0 Å². The van der Waals surface area contributed by atoms with Crippen LogP contribution in [0.4, 0.5) is 10.5 Å². The van der Waals surface area contributed by atoms with Gasteiger partial charge < -0.3 is 15.0 Å². The number of aryl methyl sites for hydroxylation is 2. The summed E-state index contributed by atoms with van der Waals surface area (Å²) >= 11 is 0. The molecule has 1 aliphatic rings. The zero-order chi connectivity index (χ0) is 16.3. The van der Waals surface area contributed by atoms with E-state index in [-0.39, 0.29) is 6.09 Å². The first-order chi connectivity index (χ1) is 10.2. The summed E-state index contributed by atoms with van der Waals surface area (Å²) in [7, 11) is 1.93. The van der Waals surface area contributed by atoms with Crippen molar-refractivity contribution in [2.24, 2.45) is 7.05 Å². The molecule has 124 valence electrons. The zero-order valence-corrected chi connectivity index (χ0v) is 14.3. The van der Waals surface area contributed by atoms with Gasteiger partial charge in [-0.3, -0.25) is 4.68 Å². The van der Waals surface area contributed by atoms with Crippen molar-refractivity contribution in [3.05, 3.63) is 11.9 Å². The summed E-state index contributed by atoms with van der Waals surface area (Å²) in [6, 6.07) is 0.371. The Balaban J connectivity index is 1.90. The van der Waals surface area contributed by atoms with Gasteiger partial charge in [0.05, 0.1) is 11.4 Å². The molecule has 0 spiro atoms. The second kappa shape index (κ2) is 6.58. The van der Waals surface area contributed by atoms with E-state index in [2.05, 4.69) is 10.4 Å². The lowest BCUT2D eigenvalue weighted by Gasteiger charge is -2.26. The summed E-state index contributed by atoms with van der Waals surface area (Å²) < 4.78 is 7.28. The highest BCUT2D eigenvalue weighted by molar-refractivity contribution is 5.68. The summed E-state index contributed by atoms with van der Waals surface area (Å²) in [5, 5.41) is 7.91. The summed E-state index contributed by atoms with van der Waals surface area (Å²) in [5.74, 6) is 0. The molecule has 2 rings (SSSR count). The number of nitrogens with zero attached hydrogens (tertiary/aromatic N) is 3. The minimum absolute atomic E-state index is 0.203. The summed E-state index contributed by atoms with van der Waals surface area (Å²) in [5.41, 5.74) is 1.65. The number of hydrogen-bond acceptors (Lipinski definition) is 4. The summed E-state index contributed by atoms with van der Waals surface area (Å²) in [6.07, 6.45) is 4.76. The van der Waals surface area contributed by atoms with Crippen molar-refractivity contribution in [2.45, 2.75) is 58.6 Å². The second-order valence-electron chi connectivity index (χ2n) is 7.04. The Hall–Kier alpha value is -1.72. The Kier molecular flexibility index (Phi) is 4.98. The van der Waals surface area contributed by atoms with E-state index < -0.39 is 5.60 Å². The molecule has 1 saturated heterocycles. The molecule has 0 bridgehead atoms. The van der Waals surface area contributed by atoms with Crippen LogP contribution in [0.15, 0.2) is 6.20 Å². The fourth-order valence-corrected chi connectivity index (χ4v) is 2.71. The van der Waals surface area contributed by atoms with Crippen LogP contribution < -0.4 is 5.32 Å². The van der Waals surface area contributed by atoms with Gasteiger partial charge in [-0.05, 0) is 47.0 Å². The average Bonchev–Trinajstić information content (AvgIpc) is 2.60. The van der Waals surface area contributed by atoms with E-state index in [1.54, 1.807) is 0 Å². The Labute approximate surface area is 132 Å². The maximum absolute atomic E-state index is 12.2. The van der Waals surface area contributed by atoms with E-state index in [9.17, 15) is 4.79 Å². The molecule has 1 fully saturated rings. The van der Waals surface area contributed by atoms with E-state index >= 15 is 0 Å². The predicted molar refractivity (Wildman–Crippen MR) is 87.0 cm³/mol. The van der Waals surface area contributed by atoms with Crippen LogP contribution in [0.3, 0.4) is 0 Å². The van der Waals surface area contributed by atoms with E-state index in [1.807, 2.05) is 50.5 Å². The van der Waals surface area contributed by atoms with E-state index in [0.29, 0.717) is 6.04 Å². The molecule has 2 heterocycles. The molecular formula is C16H28N4O2. The first-order valence-corrected chi connectivity index (χ1v) is 7.99. The molecular weight excluding hydrogens is 280 g/mol. The van der Waals surface area contributed by atoms with Crippen molar-refractivity contribution >= 4 is 11.8 Å². The van der Waals surface area contributed by atoms with Crippen molar-refractivity contribution in [2.75, 3.05) is 18.4 Å². The van der Waals surface area contributed by atoms with Crippen LogP contribution >= 0.6 is 0 Å². The van der Waals surface area contributed by atoms with Gasteiger partial charge in [-0.15, -0.1) is 0 Å². The predicted octanol–water partition coefficient (Wildman–Crippen LogP) is 2.93. The van der Waals surface area contributed by atoms with E-state index in [4.69, 9.17) is 4.74 Å². The zero-order valence-electron chi connectivity index (χ0n) is 14.3. The van der Waals surface area contributed by atoms with Crippen LogP contribution in [0.25, 0.3) is 0 Å². The van der Waals surface area contributed by atoms with Gasteiger partial charge in [-0.25, -0.2) is 4.79 Å². The molecule has 1 unspecified atom stereocenters. The molecule has 1 aliphatic heterocycles. The van der Waals surface area contributed by atoms with Gasteiger partial charge in [0.15, 0.2) is 0 Å². The van der Waals surface area contributed by atoms with Crippen LogP contribution in [-0.4, -0.2) is 45.5 Å². The minimum atomic E-state index is -0.437. The quantitative estimate of drug-likeness (QED) is 0.912. The number of carbonyl (C=O) groups excluding carboxylic acids is 1. The number of aromatic nitrogens is 2. The molecule has 1 aromatic rings. The van der Waals surface area contributed by atoms with Gasteiger partial charge in [0.2, 0.25) is 0 Å². The fourth-order valence-electron chi connectivity index (χ4n) is 2.71. The third kappa shape index (κ3) is 4.64. The number of likely N-dealkylation sites (tertiary alicyclic amines) is 1. The molecule has 0 aromatic carbocycles. The van der Waals surface area contributed by atoms with Crippen molar-refractivity contribution in [3.63, 3.8) is 0 Å². The lowest BCUT2D eigenvalue weighted by atomic mass is 10.1. The highest BCUT2D eigenvalue weighted by Crippen LogP contribution is 2.20. The third-order valence-corrected chi connectivity index (χ3v) is 3.75. The van der Waals surface area contributed by atoms with Crippen LogP contribution in [-0.2, 0) is 11.8 Å². The number of nitrogens with one attached hydrogen (secondary N) is 1. The van der Waals surface area contributed by atoms with Crippen LogP contribution in [0.5, 0.6) is 0 Å². The van der Waals surface area contributed by atoms with Crippen LogP contribution in [0, 0.1) is 6.92 Å². The second-order valence-corrected chi connectivity index (χ2v) is 7.04. The third-order valence-electron chi connectivity index (χ3n) is 3.75. The molecule has 1 amide bonds. The molecule has 22 heavy (non-hydrogen) atoms. The normalized spacial score (nSPS) is 19.7. The Bertz CT molecular complexity index is 519. The summed E-state index contributed by atoms with van der Waals surface area (Å²) in [6.45, 7) is 9.20. The molecule has 6 heteroatoms. The first-order valence-electron chi connectivity index (χ1n) is 7.99. The number of hydrogen-bond donors (Lipinski definition) is 1. The average molecular weight is 308 g/mol. The highest BCUT2D eigenvalue weighted by Gasteiger charge is 2.25. The molecule has 1 atom stereocenters. The maximum atomic E-state index is 12.2. The molecule has 0 saturated carbocycles. The van der Waals surface area contributed by atoms with Gasteiger partial charge in [0.1, 0.15) is 5.60 Å². The number of carbonyl (C=O) groups is 1. The molecule has 1 aromatic heterocycles. The maximum Gasteiger partial charge on any atom is 0.410 e. The van der Waals surface area contributed by atoms with Crippen LogP contribution in [0.1, 0.15) is 45.7 Å².